The molecule has 3 rings (SSSR count). The number of benzene rings is 1. The van der Waals surface area contributed by atoms with E-state index in [0.717, 1.165) is 10.6 Å². The number of aromatic nitrogens is 1. The summed E-state index contributed by atoms with van der Waals surface area (Å²) in [5.74, 6) is -0.0504. The summed E-state index contributed by atoms with van der Waals surface area (Å²) >= 11 is 1.27. The molecule has 1 aromatic carbocycles. The van der Waals surface area contributed by atoms with Gasteiger partial charge >= 0.3 is 0 Å². The van der Waals surface area contributed by atoms with Gasteiger partial charge in [-0.05, 0) is 44.5 Å². The van der Waals surface area contributed by atoms with Gasteiger partial charge in [-0.2, -0.15) is 0 Å². The number of likely N-dealkylation sites (N-methyl/N-ethyl adjacent to an activating group) is 1. The second kappa shape index (κ2) is 5.04. The van der Waals surface area contributed by atoms with Crippen molar-refractivity contribution in [3.63, 3.8) is 0 Å². The molecule has 0 radical (unpaired) electrons. The number of nitrogens with zero attached hydrogens (tertiary/aromatic N) is 2. The molecule has 6 nitrogen and oxygen atoms in total. The van der Waals surface area contributed by atoms with Gasteiger partial charge in [0.25, 0.3) is 10.0 Å². The third-order valence-electron chi connectivity index (χ3n) is 4.00. The van der Waals surface area contributed by atoms with Gasteiger partial charge in [0.2, 0.25) is 5.91 Å². The Hall–Kier alpha value is -1.93. The molecular formula is C15H17N3O3S2. The Morgan fingerprint density at radius 2 is 2.00 bits per heavy atom. The minimum absolute atomic E-state index is 0.0504. The van der Waals surface area contributed by atoms with E-state index in [1.54, 1.807) is 44.1 Å². The van der Waals surface area contributed by atoms with Crippen LogP contribution >= 0.6 is 11.3 Å². The van der Waals surface area contributed by atoms with Gasteiger partial charge in [0.1, 0.15) is 0 Å². The maximum Gasteiger partial charge on any atom is 0.263 e. The molecule has 8 heteroatoms. The predicted molar refractivity (Wildman–Crippen MR) is 90.5 cm³/mol. The molecule has 0 spiro atoms. The fourth-order valence-electron chi connectivity index (χ4n) is 2.70. The van der Waals surface area contributed by atoms with Gasteiger partial charge in [0.15, 0.2) is 5.13 Å². The van der Waals surface area contributed by atoms with Crippen LogP contribution < -0.4 is 9.62 Å². The van der Waals surface area contributed by atoms with Crippen LogP contribution in [0.2, 0.25) is 0 Å². The van der Waals surface area contributed by atoms with Gasteiger partial charge in [-0.25, -0.2) is 13.4 Å². The van der Waals surface area contributed by atoms with Crippen molar-refractivity contribution in [1.82, 2.24) is 4.98 Å². The quantitative estimate of drug-likeness (QED) is 0.921. The van der Waals surface area contributed by atoms with Gasteiger partial charge in [0.05, 0.1) is 10.3 Å². The lowest BCUT2D eigenvalue weighted by atomic mass is 9.86. The second-order valence-electron chi connectivity index (χ2n) is 6.05. The van der Waals surface area contributed by atoms with E-state index in [0.29, 0.717) is 10.7 Å². The topological polar surface area (TPSA) is 79.4 Å². The zero-order valence-electron chi connectivity index (χ0n) is 13.2. The monoisotopic (exact) mass is 351 g/mol. The highest BCUT2D eigenvalue weighted by atomic mass is 32.2. The van der Waals surface area contributed by atoms with E-state index in [1.807, 2.05) is 6.92 Å². The first-order valence-corrected chi connectivity index (χ1v) is 9.31. The number of amides is 1. The van der Waals surface area contributed by atoms with Gasteiger partial charge < -0.3 is 4.90 Å². The largest absolute Gasteiger partial charge is 0.314 e. The molecule has 1 N–H and O–H groups in total. The molecule has 1 aliphatic heterocycles. The summed E-state index contributed by atoms with van der Waals surface area (Å²) in [5.41, 5.74) is 0.708. The van der Waals surface area contributed by atoms with E-state index in [9.17, 15) is 13.2 Å². The molecule has 0 atom stereocenters. The molecule has 1 amide bonds. The van der Waals surface area contributed by atoms with E-state index in [1.165, 1.54) is 17.4 Å². The molecule has 122 valence electrons. The normalized spacial score (nSPS) is 16.5. The molecule has 2 aromatic rings. The fourth-order valence-corrected chi connectivity index (χ4v) is 4.63. The van der Waals surface area contributed by atoms with E-state index in [4.69, 9.17) is 0 Å². The van der Waals surface area contributed by atoms with Crippen LogP contribution in [0.15, 0.2) is 29.3 Å². The first-order chi connectivity index (χ1) is 10.6. The molecule has 1 aromatic heterocycles. The van der Waals surface area contributed by atoms with Gasteiger partial charge in [0, 0.05) is 23.8 Å². The first kappa shape index (κ1) is 15.9. The maximum atomic E-state index is 12.5. The average Bonchev–Trinajstić information content (AvgIpc) is 2.95. The van der Waals surface area contributed by atoms with Crippen LogP contribution in [0.4, 0.5) is 10.8 Å². The highest BCUT2D eigenvalue weighted by Crippen LogP contribution is 2.41. The van der Waals surface area contributed by atoms with Crippen LogP contribution in [0.3, 0.4) is 0 Å². The van der Waals surface area contributed by atoms with E-state index in [-0.39, 0.29) is 10.8 Å². The summed E-state index contributed by atoms with van der Waals surface area (Å²) in [5, 5.41) is 0.329. The van der Waals surface area contributed by atoms with Crippen molar-refractivity contribution < 1.29 is 13.2 Å². The van der Waals surface area contributed by atoms with Gasteiger partial charge in [-0.3, -0.25) is 9.52 Å². The fraction of sp³-hybridized carbons (Fsp3) is 0.333. The van der Waals surface area contributed by atoms with Crippen molar-refractivity contribution in [2.24, 2.45) is 0 Å². The lowest BCUT2D eigenvalue weighted by Crippen LogP contribution is -2.33. The van der Waals surface area contributed by atoms with Crippen molar-refractivity contribution in [3.05, 3.63) is 34.8 Å². The standard InChI is InChI=1S/C15H17N3O3S2/c1-9-8-16-14(22-9)17-23(20,21)10-5-6-12-11(7-10)15(2,3)13(19)18(12)4/h5-8H,1-4H3,(H,16,17). The van der Waals surface area contributed by atoms with Crippen molar-refractivity contribution in [2.45, 2.75) is 31.1 Å². The predicted octanol–water partition coefficient (Wildman–Crippen LogP) is 2.51. The third kappa shape index (κ3) is 2.51. The number of nitrogens with one attached hydrogen (secondary N) is 1. The van der Waals surface area contributed by atoms with Crippen LogP contribution in [-0.2, 0) is 20.2 Å². The van der Waals surface area contributed by atoms with Crippen molar-refractivity contribution in [2.75, 3.05) is 16.7 Å². The molecule has 0 unspecified atom stereocenters. The Balaban J connectivity index is 2.03. The summed E-state index contributed by atoms with van der Waals surface area (Å²) in [6, 6.07) is 4.75. The summed E-state index contributed by atoms with van der Waals surface area (Å²) in [6.45, 7) is 5.45. The van der Waals surface area contributed by atoms with Crippen molar-refractivity contribution in [3.8, 4) is 0 Å². The molecule has 0 aliphatic carbocycles. The Labute approximate surface area is 139 Å². The highest BCUT2D eigenvalue weighted by molar-refractivity contribution is 7.93. The number of hydrogen-bond acceptors (Lipinski definition) is 5. The minimum Gasteiger partial charge on any atom is -0.314 e. The summed E-state index contributed by atoms with van der Waals surface area (Å²) in [7, 11) is -2.04. The second-order valence-corrected chi connectivity index (χ2v) is 8.97. The Morgan fingerprint density at radius 3 is 2.61 bits per heavy atom. The molecule has 0 saturated heterocycles. The summed E-state index contributed by atoms with van der Waals surface area (Å²) < 4.78 is 27.6. The van der Waals surface area contributed by atoms with Gasteiger partial charge in [-0.15, -0.1) is 11.3 Å². The van der Waals surface area contributed by atoms with Crippen LogP contribution in [-0.4, -0.2) is 26.4 Å². The summed E-state index contributed by atoms with van der Waals surface area (Å²) in [4.78, 5) is 18.9. The minimum atomic E-state index is -3.74. The molecule has 0 saturated carbocycles. The van der Waals surface area contributed by atoms with Crippen LogP contribution in [0.25, 0.3) is 0 Å². The van der Waals surface area contributed by atoms with E-state index in [2.05, 4.69) is 9.71 Å². The molecule has 1 aliphatic rings. The van der Waals surface area contributed by atoms with Crippen LogP contribution in [0.1, 0.15) is 24.3 Å². The number of anilines is 2. The zero-order valence-corrected chi connectivity index (χ0v) is 14.9. The maximum absolute atomic E-state index is 12.5. The van der Waals surface area contributed by atoms with E-state index < -0.39 is 15.4 Å². The highest BCUT2D eigenvalue weighted by Gasteiger charge is 2.42. The van der Waals surface area contributed by atoms with E-state index >= 15 is 0 Å². The lowest BCUT2D eigenvalue weighted by molar-refractivity contribution is -0.121. The van der Waals surface area contributed by atoms with Gasteiger partial charge in [-0.1, -0.05) is 0 Å². The first-order valence-electron chi connectivity index (χ1n) is 7.01. The number of carbonyl (C=O) groups excluding carboxylic acids is 1. The molecule has 0 fully saturated rings. The zero-order chi connectivity index (χ0) is 17.0. The number of carbonyl (C=O) groups is 1. The number of rotatable bonds is 3. The molecule has 0 bridgehead atoms. The average molecular weight is 351 g/mol. The Kier molecular flexibility index (Phi) is 3.49. The van der Waals surface area contributed by atoms with Crippen molar-refractivity contribution in [1.29, 1.82) is 0 Å². The smallest absolute Gasteiger partial charge is 0.263 e. The van der Waals surface area contributed by atoms with Crippen LogP contribution in [0, 0.1) is 6.92 Å². The molecular weight excluding hydrogens is 334 g/mol. The number of aryl methyl sites for hydroxylation is 1. The summed E-state index contributed by atoms with van der Waals surface area (Å²) in [6.07, 6.45) is 1.61. The number of sulfonamides is 1. The number of hydrogen-bond donors (Lipinski definition) is 1. The van der Waals surface area contributed by atoms with Crippen molar-refractivity contribution >= 4 is 38.1 Å². The lowest BCUT2D eigenvalue weighted by Gasteiger charge is -2.16. The Bertz CT molecular complexity index is 900. The SMILES string of the molecule is Cc1cnc(NS(=O)(=O)c2ccc3c(c2)C(C)(C)C(=O)N3C)s1. The molecule has 23 heavy (non-hydrogen) atoms. The third-order valence-corrected chi connectivity index (χ3v) is 6.29. The molecule has 2 heterocycles. The Morgan fingerprint density at radius 1 is 1.30 bits per heavy atom. The number of fused-ring (bicyclic) bond motifs is 1. The number of thiazole rings is 1. The van der Waals surface area contributed by atoms with Crippen LogP contribution in [0.5, 0.6) is 0 Å².